The molecule has 0 radical (unpaired) electrons. The van der Waals surface area contributed by atoms with E-state index in [1.165, 1.54) is 15.6 Å². The van der Waals surface area contributed by atoms with Crippen LogP contribution in [0.1, 0.15) is 18.9 Å². The van der Waals surface area contributed by atoms with E-state index in [-0.39, 0.29) is 0 Å². The molecule has 1 aromatic rings. The summed E-state index contributed by atoms with van der Waals surface area (Å²) in [6, 6.07) is 8.39. The number of halogens is 1. The number of hydrogen-bond donors (Lipinski definition) is 1. The van der Waals surface area contributed by atoms with Crippen molar-refractivity contribution in [1.29, 1.82) is 0 Å². The molecule has 1 nitrogen and oxygen atoms in total. The highest BCUT2D eigenvalue weighted by atomic mass is 79.9. The van der Waals surface area contributed by atoms with Crippen LogP contribution in [0.2, 0.25) is 0 Å². The Hall–Kier alpha value is -0.600. The van der Waals surface area contributed by atoms with Crippen molar-refractivity contribution >= 4 is 15.9 Å². The van der Waals surface area contributed by atoms with Gasteiger partial charge in [-0.15, -0.1) is 0 Å². The van der Waals surface area contributed by atoms with Crippen molar-refractivity contribution in [1.82, 2.24) is 5.32 Å². The van der Waals surface area contributed by atoms with Crippen LogP contribution < -0.4 is 5.32 Å². The van der Waals surface area contributed by atoms with Crippen LogP contribution in [-0.4, -0.2) is 13.6 Å². The molecule has 1 aromatic carbocycles. The average Bonchev–Trinajstić information content (AvgIpc) is 2.22. The molecule has 0 unspecified atom stereocenters. The van der Waals surface area contributed by atoms with Crippen LogP contribution in [-0.2, 0) is 6.42 Å². The fraction of sp³-hybridized carbons (Fsp3) is 0.385. The van der Waals surface area contributed by atoms with Crippen molar-refractivity contribution in [2.24, 2.45) is 0 Å². The zero-order valence-electron chi connectivity index (χ0n) is 9.39. The van der Waals surface area contributed by atoms with Crippen molar-refractivity contribution in [3.63, 3.8) is 0 Å². The Balaban J connectivity index is 2.54. The van der Waals surface area contributed by atoms with E-state index in [0.29, 0.717) is 0 Å². The maximum absolute atomic E-state index is 3.57. The zero-order chi connectivity index (χ0) is 11.1. The third-order valence-corrected chi connectivity index (χ3v) is 3.09. The van der Waals surface area contributed by atoms with Gasteiger partial charge in [-0.05, 0) is 45.0 Å². The lowest BCUT2D eigenvalue weighted by atomic mass is 10.1. The Morgan fingerprint density at radius 2 is 2.13 bits per heavy atom. The van der Waals surface area contributed by atoms with Gasteiger partial charge in [0.25, 0.3) is 0 Å². The number of benzene rings is 1. The van der Waals surface area contributed by atoms with Crippen molar-refractivity contribution in [3.05, 3.63) is 46.0 Å². The minimum Gasteiger partial charge on any atom is -0.319 e. The topological polar surface area (TPSA) is 12.0 Å². The molecule has 0 fully saturated rings. The van der Waals surface area contributed by atoms with Gasteiger partial charge >= 0.3 is 0 Å². The summed E-state index contributed by atoms with van der Waals surface area (Å²) < 4.78 is 1.20. The number of rotatable bonds is 5. The highest BCUT2D eigenvalue weighted by Gasteiger charge is 1.98. The third-order valence-electron chi connectivity index (χ3n) is 2.31. The Labute approximate surface area is 101 Å². The molecule has 0 bridgehead atoms. The van der Waals surface area contributed by atoms with E-state index in [2.05, 4.69) is 52.4 Å². The maximum atomic E-state index is 3.57. The summed E-state index contributed by atoms with van der Waals surface area (Å²) in [5, 5.41) is 3.14. The second-order valence-corrected chi connectivity index (χ2v) is 4.57. The summed E-state index contributed by atoms with van der Waals surface area (Å²) in [4.78, 5) is 0. The molecule has 1 rings (SSSR count). The van der Waals surface area contributed by atoms with Crippen molar-refractivity contribution in [2.45, 2.75) is 19.8 Å². The van der Waals surface area contributed by atoms with Gasteiger partial charge in [-0.25, -0.2) is 0 Å². The van der Waals surface area contributed by atoms with Gasteiger partial charge in [0.1, 0.15) is 0 Å². The van der Waals surface area contributed by atoms with Crippen LogP contribution in [0.4, 0.5) is 0 Å². The summed E-state index contributed by atoms with van der Waals surface area (Å²) in [6.45, 7) is 3.24. The molecule has 0 saturated heterocycles. The SMILES string of the molecule is CNCCC=C(C)Cc1ccccc1Br. The van der Waals surface area contributed by atoms with E-state index in [1.54, 1.807) is 0 Å². The highest BCUT2D eigenvalue weighted by molar-refractivity contribution is 9.10. The Morgan fingerprint density at radius 1 is 1.40 bits per heavy atom. The lowest BCUT2D eigenvalue weighted by Gasteiger charge is -2.04. The molecular formula is C13H18BrN. The van der Waals surface area contributed by atoms with Gasteiger partial charge in [-0.2, -0.15) is 0 Å². The van der Waals surface area contributed by atoms with E-state index >= 15 is 0 Å². The van der Waals surface area contributed by atoms with Gasteiger partial charge in [0, 0.05) is 4.47 Å². The smallest absolute Gasteiger partial charge is 0.0210 e. The van der Waals surface area contributed by atoms with E-state index in [9.17, 15) is 0 Å². The molecule has 1 N–H and O–H groups in total. The molecule has 0 aliphatic rings. The van der Waals surface area contributed by atoms with Crippen LogP contribution in [0.3, 0.4) is 0 Å². The summed E-state index contributed by atoms with van der Waals surface area (Å²) in [7, 11) is 1.98. The van der Waals surface area contributed by atoms with E-state index in [4.69, 9.17) is 0 Å². The molecule has 0 amide bonds. The van der Waals surface area contributed by atoms with Gasteiger partial charge in [0.15, 0.2) is 0 Å². The molecule has 82 valence electrons. The van der Waals surface area contributed by atoms with Crippen LogP contribution in [0.5, 0.6) is 0 Å². The molecule has 0 heterocycles. The molecule has 0 aliphatic carbocycles. The second kappa shape index (κ2) is 6.81. The Kier molecular flexibility index (Phi) is 5.66. The molecule has 0 aliphatic heterocycles. The second-order valence-electron chi connectivity index (χ2n) is 3.71. The Bertz CT molecular complexity index is 331. The standard InChI is InChI=1S/C13H18BrN/c1-11(6-5-9-15-2)10-12-7-3-4-8-13(12)14/h3-4,6-8,15H,5,9-10H2,1-2H3. The first-order valence-electron chi connectivity index (χ1n) is 5.27. The van der Waals surface area contributed by atoms with Gasteiger partial charge in [-0.3, -0.25) is 0 Å². The number of hydrogen-bond acceptors (Lipinski definition) is 1. The van der Waals surface area contributed by atoms with Crippen LogP contribution >= 0.6 is 15.9 Å². The summed E-state index contributed by atoms with van der Waals surface area (Å²) in [6.07, 6.45) is 4.44. The Morgan fingerprint density at radius 3 is 2.80 bits per heavy atom. The van der Waals surface area contributed by atoms with Gasteiger partial charge in [0.05, 0.1) is 0 Å². The van der Waals surface area contributed by atoms with Crippen LogP contribution in [0, 0.1) is 0 Å². The minimum absolute atomic E-state index is 1.03. The fourth-order valence-corrected chi connectivity index (χ4v) is 1.90. The highest BCUT2D eigenvalue weighted by Crippen LogP contribution is 2.19. The predicted molar refractivity (Wildman–Crippen MR) is 70.1 cm³/mol. The summed E-state index contributed by atoms with van der Waals surface area (Å²) in [5.41, 5.74) is 2.79. The third kappa shape index (κ3) is 4.63. The zero-order valence-corrected chi connectivity index (χ0v) is 11.0. The fourth-order valence-electron chi connectivity index (χ4n) is 1.48. The molecular weight excluding hydrogens is 250 g/mol. The van der Waals surface area contributed by atoms with Gasteiger partial charge in [-0.1, -0.05) is 45.8 Å². The lowest BCUT2D eigenvalue weighted by Crippen LogP contribution is -2.06. The monoisotopic (exact) mass is 267 g/mol. The molecule has 0 atom stereocenters. The van der Waals surface area contributed by atoms with E-state index in [1.807, 2.05) is 13.1 Å². The van der Waals surface area contributed by atoms with Crippen molar-refractivity contribution in [3.8, 4) is 0 Å². The quantitative estimate of drug-likeness (QED) is 0.636. The van der Waals surface area contributed by atoms with Crippen LogP contribution in [0.25, 0.3) is 0 Å². The first-order valence-corrected chi connectivity index (χ1v) is 6.07. The van der Waals surface area contributed by atoms with E-state index in [0.717, 1.165) is 19.4 Å². The molecule has 0 saturated carbocycles. The minimum atomic E-state index is 1.03. The molecule has 2 heteroatoms. The van der Waals surface area contributed by atoms with Gasteiger partial charge in [0.2, 0.25) is 0 Å². The van der Waals surface area contributed by atoms with Crippen molar-refractivity contribution < 1.29 is 0 Å². The lowest BCUT2D eigenvalue weighted by molar-refractivity contribution is 0.802. The maximum Gasteiger partial charge on any atom is 0.0210 e. The summed E-state index contributed by atoms with van der Waals surface area (Å²) >= 11 is 3.57. The first kappa shape index (κ1) is 12.5. The molecule has 0 spiro atoms. The first-order chi connectivity index (χ1) is 7.24. The summed E-state index contributed by atoms with van der Waals surface area (Å²) in [5.74, 6) is 0. The predicted octanol–water partition coefficient (Wildman–Crippen LogP) is 3.55. The van der Waals surface area contributed by atoms with E-state index < -0.39 is 0 Å². The van der Waals surface area contributed by atoms with Gasteiger partial charge < -0.3 is 5.32 Å². The number of nitrogens with one attached hydrogen (secondary N) is 1. The van der Waals surface area contributed by atoms with Crippen molar-refractivity contribution in [2.75, 3.05) is 13.6 Å². The van der Waals surface area contributed by atoms with Crippen LogP contribution in [0.15, 0.2) is 40.4 Å². The molecule has 0 aromatic heterocycles. The normalized spacial score (nSPS) is 11.8. The average molecular weight is 268 g/mol. The molecule has 15 heavy (non-hydrogen) atoms. The number of allylic oxidation sites excluding steroid dienone is 1. The largest absolute Gasteiger partial charge is 0.319 e.